The van der Waals surface area contributed by atoms with Gasteiger partial charge in [0.05, 0.1) is 11.4 Å². The lowest BCUT2D eigenvalue weighted by atomic mass is 10.2. The van der Waals surface area contributed by atoms with Gasteiger partial charge in [-0.05, 0) is 47.2 Å². The molecule has 156 valence electrons. The van der Waals surface area contributed by atoms with Crippen LogP contribution >= 0.6 is 11.8 Å². The smallest absolute Gasteiger partial charge is 0.252 e. The summed E-state index contributed by atoms with van der Waals surface area (Å²) in [4.78, 5) is 23.2. The molecule has 4 N–H and O–H groups in total. The Morgan fingerprint density at radius 3 is 2.84 bits per heavy atom. The van der Waals surface area contributed by atoms with Crippen LogP contribution in [0, 0.1) is 6.92 Å². The van der Waals surface area contributed by atoms with Gasteiger partial charge in [-0.1, -0.05) is 42.1 Å². The van der Waals surface area contributed by atoms with Crippen LogP contribution in [0.25, 0.3) is 5.69 Å². The van der Waals surface area contributed by atoms with Crippen LogP contribution in [-0.4, -0.2) is 36.1 Å². The average Bonchev–Trinajstić information content (AvgIpc) is 3.21. The van der Waals surface area contributed by atoms with Gasteiger partial charge in [0, 0.05) is 17.5 Å². The van der Waals surface area contributed by atoms with Gasteiger partial charge in [0.15, 0.2) is 0 Å². The van der Waals surface area contributed by atoms with E-state index in [0.717, 1.165) is 16.9 Å². The van der Waals surface area contributed by atoms with Gasteiger partial charge in [0.2, 0.25) is 17.1 Å². The van der Waals surface area contributed by atoms with E-state index in [-0.39, 0.29) is 17.5 Å². The van der Waals surface area contributed by atoms with Gasteiger partial charge < -0.3 is 11.1 Å². The van der Waals surface area contributed by atoms with E-state index in [4.69, 9.17) is 5.73 Å². The highest BCUT2D eigenvalue weighted by Crippen LogP contribution is 2.21. The van der Waals surface area contributed by atoms with E-state index in [2.05, 4.69) is 35.8 Å². The maximum Gasteiger partial charge on any atom is 0.252 e. The number of anilines is 1. The predicted octanol–water partition coefficient (Wildman–Crippen LogP) is 2.40. The third-order valence-corrected chi connectivity index (χ3v) is 5.04. The van der Waals surface area contributed by atoms with Gasteiger partial charge in [-0.2, -0.15) is 9.67 Å². The number of benzene rings is 2. The third-order valence-electron chi connectivity index (χ3n) is 4.09. The molecule has 10 nitrogen and oxygen atoms in total. The first-order valence-corrected chi connectivity index (χ1v) is 10.3. The summed E-state index contributed by atoms with van der Waals surface area (Å²) in [7, 11) is 0. The summed E-state index contributed by atoms with van der Waals surface area (Å²) in [6.45, 7) is 1.98. The van der Waals surface area contributed by atoms with E-state index in [1.54, 1.807) is 4.68 Å². The minimum absolute atomic E-state index is 0.114. The Kier molecular flexibility index (Phi) is 6.03. The van der Waals surface area contributed by atoms with Gasteiger partial charge in [0.1, 0.15) is 0 Å². The summed E-state index contributed by atoms with van der Waals surface area (Å²) in [6, 6.07) is 18.6. The lowest BCUT2D eigenvalue weighted by Crippen LogP contribution is -2.22. The maximum atomic E-state index is 12.1. The quantitative estimate of drug-likeness (QED) is 0.239. The van der Waals surface area contributed by atoms with Crippen LogP contribution in [0.3, 0.4) is 0 Å². The molecule has 0 fully saturated rings. The van der Waals surface area contributed by atoms with E-state index in [9.17, 15) is 4.79 Å². The van der Waals surface area contributed by atoms with Crippen molar-refractivity contribution in [3.63, 3.8) is 0 Å². The number of guanidine groups is 1. The molecular formula is C20H19N9OS. The van der Waals surface area contributed by atoms with Crippen molar-refractivity contribution >= 4 is 29.4 Å². The second-order valence-electron chi connectivity index (χ2n) is 6.55. The maximum absolute atomic E-state index is 12.1. The zero-order chi connectivity index (χ0) is 21.6. The predicted molar refractivity (Wildman–Crippen MR) is 120 cm³/mol. The Morgan fingerprint density at radius 1 is 1.19 bits per heavy atom. The number of rotatable bonds is 6. The number of aromatic amines is 1. The molecule has 2 aromatic heterocycles. The number of hydrogen-bond acceptors (Lipinski definition) is 7. The highest BCUT2D eigenvalue weighted by atomic mass is 32.2. The molecule has 0 amide bonds. The van der Waals surface area contributed by atoms with Gasteiger partial charge in [0.25, 0.3) is 5.56 Å². The molecule has 0 aliphatic heterocycles. The molecule has 2 heterocycles. The molecule has 4 aromatic rings. The number of aromatic nitrogens is 6. The molecule has 31 heavy (non-hydrogen) atoms. The lowest BCUT2D eigenvalue weighted by Gasteiger charge is -2.06. The Labute approximate surface area is 181 Å². The average molecular weight is 434 g/mol. The molecule has 0 spiro atoms. The first-order valence-electron chi connectivity index (χ1n) is 9.31. The number of tetrazole rings is 1. The summed E-state index contributed by atoms with van der Waals surface area (Å²) < 4.78 is 1.63. The number of hydrogen-bond donors (Lipinski definition) is 3. The zero-order valence-corrected chi connectivity index (χ0v) is 17.4. The number of para-hydroxylation sites is 1. The summed E-state index contributed by atoms with van der Waals surface area (Å²) in [5.74, 6) is 0.611. The minimum Gasteiger partial charge on any atom is -0.369 e. The van der Waals surface area contributed by atoms with Crippen molar-refractivity contribution in [2.75, 3.05) is 5.32 Å². The van der Waals surface area contributed by atoms with Gasteiger partial charge in [-0.15, -0.1) is 5.10 Å². The second-order valence-corrected chi connectivity index (χ2v) is 7.49. The molecule has 0 atom stereocenters. The van der Waals surface area contributed by atoms with E-state index in [0.29, 0.717) is 16.6 Å². The first-order chi connectivity index (χ1) is 15.1. The largest absolute Gasteiger partial charge is 0.369 e. The Morgan fingerprint density at radius 2 is 2.03 bits per heavy atom. The number of thioether (sulfide) groups is 1. The van der Waals surface area contributed by atoms with E-state index in [1.165, 1.54) is 17.8 Å². The Bertz CT molecular complexity index is 1270. The standard InChI is InChI=1S/C20H19N9OS/c1-13-6-5-7-14(10-13)22-18(21)25-19-23-15(11-17(30)24-19)12-31-20-26-27-28-29(20)16-8-3-2-4-9-16/h2-11H,12H2,1H3,(H4,21,22,23,24,25,30). The molecule has 2 aromatic carbocycles. The monoisotopic (exact) mass is 433 g/mol. The number of nitrogens with zero attached hydrogens (tertiary/aromatic N) is 6. The molecule has 0 aliphatic rings. The van der Waals surface area contributed by atoms with Crippen LogP contribution in [0.1, 0.15) is 11.3 Å². The summed E-state index contributed by atoms with van der Waals surface area (Å²) in [5, 5.41) is 15.4. The molecule has 0 saturated carbocycles. The van der Waals surface area contributed by atoms with Crippen LogP contribution in [0.4, 0.5) is 11.6 Å². The van der Waals surface area contributed by atoms with Crippen molar-refractivity contribution in [3.8, 4) is 5.69 Å². The number of nitrogens with two attached hydrogens (primary N) is 1. The fourth-order valence-electron chi connectivity index (χ4n) is 2.77. The molecule has 0 unspecified atom stereocenters. The van der Waals surface area contributed by atoms with Gasteiger partial charge >= 0.3 is 0 Å². The zero-order valence-electron chi connectivity index (χ0n) is 16.6. The highest BCUT2D eigenvalue weighted by Gasteiger charge is 2.10. The topological polar surface area (TPSA) is 140 Å². The summed E-state index contributed by atoms with van der Waals surface area (Å²) in [5.41, 5.74) is 8.89. The van der Waals surface area contributed by atoms with Crippen molar-refractivity contribution in [2.45, 2.75) is 17.8 Å². The highest BCUT2D eigenvalue weighted by molar-refractivity contribution is 7.98. The van der Waals surface area contributed by atoms with Gasteiger partial charge in [-0.25, -0.2) is 4.98 Å². The molecule has 0 saturated heterocycles. The normalized spacial score (nSPS) is 11.5. The number of aryl methyl sites for hydroxylation is 1. The van der Waals surface area contributed by atoms with Crippen LogP contribution in [0.5, 0.6) is 0 Å². The minimum atomic E-state index is -0.324. The van der Waals surface area contributed by atoms with E-state index < -0.39 is 0 Å². The number of nitrogens with one attached hydrogen (secondary N) is 2. The molecule has 0 bridgehead atoms. The number of aliphatic imine (C=N–C) groups is 1. The lowest BCUT2D eigenvalue weighted by molar-refractivity contribution is 0.756. The first kappa shape index (κ1) is 20.3. The fraction of sp³-hybridized carbons (Fsp3) is 0.100. The van der Waals surface area contributed by atoms with Crippen LogP contribution in [-0.2, 0) is 5.75 Å². The summed E-state index contributed by atoms with van der Waals surface area (Å²) in [6.07, 6.45) is 0. The molecule has 11 heteroatoms. The van der Waals surface area contributed by atoms with Crippen molar-refractivity contribution in [1.82, 2.24) is 30.2 Å². The summed E-state index contributed by atoms with van der Waals surface area (Å²) >= 11 is 1.36. The molecule has 0 radical (unpaired) electrons. The van der Waals surface area contributed by atoms with Crippen LogP contribution in [0.2, 0.25) is 0 Å². The fourth-order valence-corrected chi connectivity index (χ4v) is 3.56. The van der Waals surface area contributed by atoms with Crippen molar-refractivity contribution in [2.24, 2.45) is 10.7 Å². The molecule has 0 aliphatic carbocycles. The van der Waals surface area contributed by atoms with E-state index in [1.807, 2.05) is 61.5 Å². The molecular weight excluding hydrogens is 414 g/mol. The van der Waals surface area contributed by atoms with Crippen molar-refractivity contribution in [1.29, 1.82) is 0 Å². The van der Waals surface area contributed by atoms with Crippen LogP contribution in [0.15, 0.2) is 75.6 Å². The SMILES string of the molecule is Cc1cccc(N/C(N)=N/c2nc(CSc3nnnn3-c3ccccc3)cc(=O)[nH]2)c1. The molecule has 4 rings (SSSR count). The second kappa shape index (κ2) is 9.22. The van der Waals surface area contributed by atoms with Crippen molar-refractivity contribution < 1.29 is 0 Å². The number of H-pyrrole nitrogens is 1. The van der Waals surface area contributed by atoms with Crippen molar-refractivity contribution in [3.05, 3.63) is 82.3 Å². The van der Waals surface area contributed by atoms with Gasteiger partial charge in [-0.3, -0.25) is 9.78 Å². The van der Waals surface area contributed by atoms with E-state index >= 15 is 0 Å². The third kappa shape index (κ3) is 5.34. The Hall–Kier alpha value is -3.99. The van der Waals surface area contributed by atoms with Crippen LogP contribution < -0.4 is 16.6 Å². The Balaban J connectivity index is 1.49.